The van der Waals surface area contributed by atoms with Gasteiger partial charge < -0.3 is 20.1 Å². The standard InChI is InChI=1S/C13H18N4O2/c1-10(9-18)15-13(19)14-6-5-11-8-17-7-3-2-4-12(17)16-11/h2-4,7-8,10,18H,5-6,9H2,1H3,(H2,14,15,19). The fourth-order valence-electron chi connectivity index (χ4n) is 1.73. The summed E-state index contributed by atoms with van der Waals surface area (Å²) in [4.78, 5) is 15.9. The number of imidazole rings is 1. The van der Waals surface area contributed by atoms with E-state index >= 15 is 0 Å². The third-order valence-electron chi connectivity index (χ3n) is 2.73. The van der Waals surface area contributed by atoms with Crippen molar-refractivity contribution in [2.75, 3.05) is 13.2 Å². The third kappa shape index (κ3) is 3.69. The van der Waals surface area contributed by atoms with Gasteiger partial charge in [0, 0.05) is 25.4 Å². The van der Waals surface area contributed by atoms with Crippen molar-refractivity contribution < 1.29 is 9.90 Å². The number of carbonyl (C=O) groups excluding carboxylic acids is 1. The molecule has 6 nitrogen and oxygen atoms in total. The van der Waals surface area contributed by atoms with E-state index in [1.807, 2.05) is 35.0 Å². The summed E-state index contributed by atoms with van der Waals surface area (Å²) in [5.41, 5.74) is 1.83. The molecule has 0 saturated heterocycles. The lowest BCUT2D eigenvalue weighted by atomic mass is 10.3. The second-order valence-electron chi connectivity index (χ2n) is 4.43. The Morgan fingerprint density at radius 2 is 2.37 bits per heavy atom. The molecule has 0 aliphatic rings. The van der Waals surface area contributed by atoms with Crippen LogP contribution in [0.4, 0.5) is 4.79 Å². The molecule has 0 fully saturated rings. The highest BCUT2D eigenvalue weighted by molar-refractivity contribution is 5.74. The van der Waals surface area contributed by atoms with Crippen molar-refractivity contribution in [2.24, 2.45) is 0 Å². The Morgan fingerprint density at radius 1 is 1.53 bits per heavy atom. The van der Waals surface area contributed by atoms with E-state index in [1.54, 1.807) is 6.92 Å². The van der Waals surface area contributed by atoms with Crippen LogP contribution in [0, 0.1) is 0 Å². The molecule has 0 bridgehead atoms. The zero-order chi connectivity index (χ0) is 13.7. The summed E-state index contributed by atoms with van der Waals surface area (Å²) in [6.45, 7) is 2.18. The molecule has 0 saturated carbocycles. The lowest BCUT2D eigenvalue weighted by molar-refractivity contribution is 0.220. The topological polar surface area (TPSA) is 78.7 Å². The van der Waals surface area contributed by atoms with Crippen molar-refractivity contribution in [3.63, 3.8) is 0 Å². The molecule has 19 heavy (non-hydrogen) atoms. The van der Waals surface area contributed by atoms with E-state index in [0.717, 1.165) is 11.3 Å². The van der Waals surface area contributed by atoms with E-state index in [9.17, 15) is 4.79 Å². The van der Waals surface area contributed by atoms with Crippen LogP contribution in [-0.2, 0) is 6.42 Å². The molecular weight excluding hydrogens is 244 g/mol. The highest BCUT2D eigenvalue weighted by Crippen LogP contribution is 2.04. The van der Waals surface area contributed by atoms with E-state index in [-0.39, 0.29) is 18.7 Å². The molecule has 2 amide bonds. The summed E-state index contributed by atoms with van der Waals surface area (Å²) in [6, 6.07) is 5.31. The van der Waals surface area contributed by atoms with Gasteiger partial charge in [0.2, 0.25) is 0 Å². The summed E-state index contributed by atoms with van der Waals surface area (Å²) in [5, 5.41) is 14.2. The minimum Gasteiger partial charge on any atom is -0.394 e. The lowest BCUT2D eigenvalue weighted by Gasteiger charge is -2.11. The fraction of sp³-hybridized carbons (Fsp3) is 0.385. The van der Waals surface area contributed by atoms with Crippen LogP contribution in [0.25, 0.3) is 5.65 Å². The number of nitrogens with one attached hydrogen (secondary N) is 2. The van der Waals surface area contributed by atoms with E-state index in [1.165, 1.54) is 0 Å². The minimum atomic E-state index is -0.273. The maximum atomic E-state index is 11.4. The highest BCUT2D eigenvalue weighted by Gasteiger charge is 2.05. The van der Waals surface area contributed by atoms with Crippen LogP contribution in [0.15, 0.2) is 30.6 Å². The molecule has 0 aliphatic carbocycles. The van der Waals surface area contributed by atoms with Gasteiger partial charge in [0.05, 0.1) is 18.3 Å². The van der Waals surface area contributed by atoms with Crippen molar-refractivity contribution in [1.29, 1.82) is 0 Å². The molecule has 1 unspecified atom stereocenters. The van der Waals surface area contributed by atoms with Crippen LogP contribution >= 0.6 is 0 Å². The number of amides is 2. The van der Waals surface area contributed by atoms with Gasteiger partial charge in [-0.1, -0.05) is 6.07 Å². The van der Waals surface area contributed by atoms with Crippen LogP contribution in [-0.4, -0.2) is 39.7 Å². The molecule has 2 aromatic heterocycles. The molecule has 2 rings (SSSR count). The van der Waals surface area contributed by atoms with Crippen molar-refractivity contribution >= 4 is 11.7 Å². The summed E-state index contributed by atoms with van der Waals surface area (Å²) >= 11 is 0. The molecule has 2 aromatic rings. The second kappa shape index (κ2) is 6.19. The smallest absolute Gasteiger partial charge is 0.315 e. The first-order valence-corrected chi connectivity index (χ1v) is 6.27. The molecule has 102 valence electrons. The maximum Gasteiger partial charge on any atom is 0.315 e. The maximum absolute atomic E-state index is 11.4. The minimum absolute atomic E-state index is 0.0696. The van der Waals surface area contributed by atoms with Gasteiger partial charge in [0.15, 0.2) is 0 Å². The van der Waals surface area contributed by atoms with Crippen LogP contribution in [0.5, 0.6) is 0 Å². The number of rotatable bonds is 5. The van der Waals surface area contributed by atoms with Gasteiger partial charge in [-0.05, 0) is 19.1 Å². The van der Waals surface area contributed by atoms with Gasteiger partial charge in [0.25, 0.3) is 0 Å². The first-order chi connectivity index (χ1) is 9.19. The number of hydrogen-bond acceptors (Lipinski definition) is 3. The zero-order valence-electron chi connectivity index (χ0n) is 10.8. The summed E-state index contributed by atoms with van der Waals surface area (Å²) in [5.74, 6) is 0. The molecule has 2 heterocycles. The number of pyridine rings is 1. The first kappa shape index (κ1) is 13.4. The number of fused-ring (bicyclic) bond motifs is 1. The molecule has 0 spiro atoms. The number of aliphatic hydroxyl groups is 1. The van der Waals surface area contributed by atoms with Crippen molar-refractivity contribution in [1.82, 2.24) is 20.0 Å². The number of aliphatic hydroxyl groups excluding tert-OH is 1. The Balaban J connectivity index is 1.81. The van der Waals surface area contributed by atoms with E-state index in [0.29, 0.717) is 13.0 Å². The Bertz CT molecular complexity index is 519. The third-order valence-corrected chi connectivity index (χ3v) is 2.73. The largest absolute Gasteiger partial charge is 0.394 e. The summed E-state index contributed by atoms with van der Waals surface area (Å²) in [7, 11) is 0. The monoisotopic (exact) mass is 262 g/mol. The number of hydrogen-bond donors (Lipinski definition) is 3. The molecule has 0 aromatic carbocycles. The molecule has 6 heteroatoms. The predicted molar refractivity (Wildman–Crippen MR) is 72.0 cm³/mol. The summed E-state index contributed by atoms with van der Waals surface area (Å²) < 4.78 is 1.95. The van der Waals surface area contributed by atoms with Crippen LogP contribution in [0.1, 0.15) is 12.6 Å². The zero-order valence-corrected chi connectivity index (χ0v) is 10.8. The van der Waals surface area contributed by atoms with E-state index in [4.69, 9.17) is 5.11 Å². The van der Waals surface area contributed by atoms with Gasteiger partial charge in [-0.25, -0.2) is 9.78 Å². The van der Waals surface area contributed by atoms with Gasteiger partial charge in [-0.2, -0.15) is 0 Å². The number of nitrogens with zero attached hydrogens (tertiary/aromatic N) is 2. The van der Waals surface area contributed by atoms with Crippen molar-refractivity contribution in [2.45, 2.75) is 19.4 Å². The van der Waals surface area contributed by atoms with Gasteiger partial charge >= 0.3 is 6.03 Å². The quantitative estimate of drug-likeness (QED) is 0.736. The number of urea groups is 1. The van der Waals surface area contributed by atoms with Gasteiger partial charge in [-0.15, -0.1) is 0 Å². The first-order valence-electron chi connectivity index (χ1n) is 6.27. The second-order valence-corrected chi connectivity index (χ2v) is 4.43. The molecule has 0 aliphatic heterocycles. The average Bonchev–Trinajstić information content (AvgIpc) is 2.81. The number of aromatic nitrogens is 2. The molecular formula is C13H18N4O2. The predicted octanol–water partition coefficient (Wildman–Crippen LogP) is 0.557. The number of carbonyl (C=O) groups is 1. The van der Waals surface area contributed by atoms with Crippen molar-refractivity contribution in [3.8, 4) is 0 Å². The Labute approximate surface area is 111 Å². The highest BCUT2D eigenvalue weighted by atomic mass is 16.3. The molecule has 0 radical (unpaired) electrons. The fourth-order valence-corrected chi connectivity index (χ4v) is 1.73. The Hall–Kier alpha value is -2.08. The summed E-state index contributed by atoms with van der Waals surface area (Å²) in [6.07, 6.45) is 4.56. The van der Waals surface area contributed by atoms with Crippen LogP contribution in [0.2, 0.25) is 0 Å². The van der Waals surface area contributed by atoms with Gasteiger partial charge in [-0.3, -0.25) is 0 Å². The average molecular weight is 262 g/mol. The Kier molecular flexibility index (Phi) is 4.35. The lowest BCUT2D eigenvalue weighted by Crippen LogP contribution is -2.42. The van der Waals surface area contributed by atoms with Crippen LogP contribution < -0.4 is 10.6 Å². The van der Waals surface area contributed by atoms with Crippen molar-refractivity contribution in [3.05, 3.63) is 36.3 Å². The molecule has 3 N–H and O–H groups in total. The van der Waals surface area contributed by atoms with Crippen LogP contribution in [0.3, 0.4) is 0 Å². The normalized spacial score (nSPS) is 12.3. The van der Waals surface area contributed by atoms with E-state index < -0.39 is 0 Å². The van der Waals surface area contributed by atoms with Gasteiger partial charge in [0.1, 0.15) is 5.65 Å². The SMILES string of the molecule is CC(CO)NC(=O)NCCc1cn2ccccc2n1. The van der Waals surface area contributed by atoms with E-state index in [2.05, 4.69) is 15.6 Å². The Morgan fingerprint density at radius 3 is 3.11 bits per heavy atom. The molecule has 1 atom stereocenters.